The molecule has 0 radical (unpaired) electrons. The quantitative estimate of drug-likeness (QED) is 0.231. The molecule has 0 unspecified atom stereocenters. The summed E-state index contributed by atoms with van der Waals surface area (Å²) >= 11 is 3.55. The lowest BCUT2D eigenvalue weighted by Crippen LogP contribution is -2.48. The van der Waals surface area contributed by atoms with Gasteiger partial charge in [0.05, 0.1) is 21.4 Å². The van der Waals surface area contributed by atoms with E-state index in [1.165, 1.54) is 12.1 Å². The number of rotatable bonds is 5. The smallest absolute Gasteiger partial charge is 0.325 e. The predicted molar refractivity (Wildman–Crippen MR) is 127 cm³/mol. The van der Waals surface area contributed by atoms with E-state index in [0.717, 1.165) is 16.4 Å². The van der Waals surface area contributed by atoms with Crippen molar-refractivity contribution in [2.24, 2.45) is 0 Å². The Morgan fingerprint density at radius 1 is 1.31 bits per heavy atom. The third-order valence-electron chi connectivity index (χ3n) is 6.12. The van der Waals surface area contributed by atoms with Gasteiger partial charge >= 0.3 is 5.97 Å². The van der Waals surface area contributed by atoms with E-state index in [2.05, 4.69) is 15.9 Å². The maximum absolute atomic E-state index is 13.4. The zero-order valence-corrected chi connectivity index (χ0v) is 21.3. The molecule has 0 aromatic heterocycles. The minimum atomic E-state index is -4.35. The lowest BCUT2D eigenvalue weighted by molar-refractivity contribution is -0.387. The number of hydrogen-bond donors (Lipinski definition) is 0. The number of nitro groups is 1. The molecule has 2 aromatic carbocycles. The van der Waals surface area contributed by atoms with E-state index in [1.807, 2.05) is 19.9 Å². The van der Waals surface area contributed by atoms with Crippen molar-refractivity contribution in [2.45, 2.75) is 54.2 Å². The van der Waals surface area contributed by atoms with Crippen LogP contribution < -0.4 is 4.74 Å². The normalized spacial score (nSPS) is 23.5. The molecule has 2 aromatic rings. The van der Waals surface area contributed by atoms with Crippen molar-refractivity contribution in [1.29, 1.82) is 5.26 Å². The SMILES string of the molecule is CC1(C)Oc2ccc(C#N)cc2[C@@H](OC(=O)[C@@H]2CCCN2S(=O)(=O)c2ccccc2[N+](=O)[O-])[C@@H]1Br. The van der Waals surface area contributed by atoms with Crippen LogP contribution in [-0.2, 0) is 19.6 Å². The van der Waals surface area contributed by atoms with Gasteiger partial charge in [0.25, 0.3) is 15.7 Å². The van der Waals surface area contributed by atoms with E-state index in [1.54, 1.807) is 18.2 Å². The van der Waals surface area contributed by atoms with Crippen LogP contribution in [0.5, 0.6) is 5.75 Å². The lowest BCUT2D eigenvalue weighted by Gasteiger charge is -2.42. The highest BCUT2D eigenvalue weighted by Gasteiger charge is 2.48. The number of nitro benzene ring substituents is 1. The summed E-state index contributed by atoms with van der Waals surface area (Å²) in [5.41, 5.74) is -0.492. The van der Waals surface area contributed by atoms with Gasteiger partial charge in [0.15, 0.2) is 4.90 Å². The summed E-state index contributed by atoms with van der Waals surface area (Å²) in [6.07, 6.45) is -0.249. The highest BCUT2D eigenvalue weighted by Crippen LogP contribution is 2.46. The average molecular weight is 564 g/mol. The predicted octanol–water partition coefficient (Wildman–Crippen LogP) is 3.84. The molecule has 2 aliphatic heterocycles. The van der Waals surface area contributed by atoms with Gasteiger partial charge in [0, 0.05) is 18.2 Å². The summed E-state index contributed by atoms with van der Waals surface area (Å²) < 4.78 is 39.6. The first-order chi connectivity index (χ1) is 16.5. The monoisotopic (exact) mass is 563 g/mol. The van der Waals surface area contributed by atoms with Gasteiger partial charge in [0.2, 0.25) is 0 Å². The highest BCUT2D eigenvalue weighted by atomic mass is 79.9. The molecule has 10 nitrogen and oxygen atoms in total. The standard InChI is InChI=1S/C23H22BrN3O7S/c1-23(2)21(24)20(15-12-14(13-25)9-10-18(15)34-23)33-22(28)17-7-5-11-26(17)35(31,32)19-8-4-3-6-16(19)27(29)30/h3-4,6,8-10,12,17,20-21H,5,7,11H2,1-2H3/t17-,20+,21-/m0/s1. The number of hydrogen-bond acceptors (Lipinski definition) is 8. The summed E-state index contributed by atoms with van der Waals surface area (Å²) in [5.74, 6) is -0.316. The lowest BCUT2D eigenvalue weighted by atomic mass is 9.90. The molecule has 35 heavy (non-hydrogen) atoms. The van der Waals surface area contributed by atoms with Gasteiger partial charge in [-0.15, -0.1) is 0 Å². The number of nitriles is 1. The number of fused-ring (bicyclic) bond motifs is 1. The number of halogens is 1. The zero-order valence-electron chi connectivity index (χ0n) is 18.9. The Morgan fingerprint density at radius 2 is 2.03 bits per heavy atom. The maximum Gasteiger partial charge on any atom is 0.325 e. The van der Waals surface area contributed by atoms with Crippen LogP contribution in [0.4, 0.5) is 5.69 Å². The Morgan fingerprint density at radius 3 is 2.71 bits per heavy atom. The fourth-order valence-corrected chi connectivity index (χ4v) is 6.63. The summed E-state index contributed by atoms with van der Waals surface area (Å²) in [7, 11) is -4.35. The van der Waals surface area contributed by atoms with Crippen LogP contribution in [0, 0.1) is 21.4 Å². The van der Waals surface area contributed by atoms with Crippen LogP contribution in [0.15, 0.2) is 47.4 Å². The van der Waals surface area contributed by atoms with Crippen molar-refractivity contribution in [3.05, 3.63) is 63.7 Å². The molecule has 2 heterocycles. The molecular weight excluding hydrogens is 542 g/mol. The number of benzene rings is 2. The van der Waals surface area contributed by atoms with Gasteiger partial charge < -0.3 is 9.47 Å². The van der Waals surface area contributed by atoms with Crippen molar-refractivity contribution in [3.8, 4) is 11.8 Å². The molecule has 0 saturated carbocycles. The Labute approximate surface area is 210 Å². The van der Waals surface area contributed by atoms with E-state index in [4.69, 9.17) is 9.47 Å². The Bertz CT molecular complexity index is 1340. The number of carbonyl (C=O) groups excluding carboxylic acids is 1. The number of nitrogens with zero attached hydrogens (tertiary/aromatic N) is 3. The molecule has 2 aliphatic rings. The Hall–Kier alpha value is -3.01. The molecule has 0 N–H and O–H groups in total. The van der Waals surface area contributed by atoms with Crippen molar-refractivity contribution in [2.75, 3.05) is 6.54 Å². The second-order valence-electron chi connectivity index (χ2n) is 8.83. The van der Waals surface area contributed by atoms with Crippen molar-refractivity contribution < 1.29 is 27.6 Å². The molecule has 4 rings (SSSR count). The topological polar surface area (TPSA) is 140 Å². The van der Waals surface area contributed by atoms with Gasteiger partial charge in [-0.05, 0) is 51.0 Å². The average Bonchev–Trinajstić information content (AvgIpc) is 3.33. The van der Waals surface area contributed by atoms with Crippen LogP contribution in [0.1, 0.15) is 43.9 Å². The largest absolute Gasteiger partial charge is 0.486 e. The van der Waals surface area contributed by atoms with E-state index in [9.17, 15) is 28.6 Å². The number of sulfonamides is 1. The van der Waals surface area contributed by atoms with Gasteiger partial charge in [-0.3, -0.25) is 14.9 Å². The molecule has 0 amide bonds. The van der Waals surface area contributed by atoms with Crippen LogP contribution >= 0.6 is 15.9 Å². The van der Waals surface area contributed by atoms with Crippen LogP contribution in [0.2, 0.25) is 0 Å². The first kappa shape index (κ1) is 25.1. The molecule has 0 spiro atoms. The van der Waals surface area contributed by atoms with Gasteiger partial charge in [-0.25, -0.2) is 8.42 Å². The first-order valence-electron chi connectivity index (χ1n) is 10.8. The molecular formula is C23H22BrN3O7S. The molecule has 0 aliphatic carbocycles. The molecule has 12 heteroatoms. The Balaban J connectivity index is 1.67. The van der Waals surface area contributed by atoms with Crippen LogP contribution in [0.3, 0.4) is 0 Å². The highest BCUT2D eigenvalue weighted by molar-refractivity contribution is 9.09. The molecule has 0 bridgehead atoms. The maximum atomic E-state index is 13.4. The third kappa shape index (κ3) is 4.51. The number of carbonyl (C=O) groups is 1. The minimum absolute atomic E-state index is 0.0281. The molecule has 3 atom stereocenters. The number of esters is 1. The third-order valence-corrected chi connectivity index (χ3v) is 9.65. The minimum Gasteiger partial charge on any atom is -0.486 e. The first-order valence-corrected chi connectivity index (χ1v) is 13.2. The van der Waals surface area contributed by atoms with Crippen molar-refractivity contribution in [1.82, 2.24) is 4.31 Å². The van der Waals surface area contributed by atoms with Gasteiger partial charge in [-0.2, -0.15) is 9.57 Å². The Kier molecular flexibility index (Phi) is 6.61. The van der Waals surface area contributed by atoms with Gasteiger partial charge in [0.1, 0.15) is 23.5 Å². The molecule has 184 valence electrons. The summed E-state index contributed by atoms with van der Waals surface area (Å²) in [6.45, 7) is 3.66. The van der Waals surface area contributed by atoms with Crippen LogP contribution in [-0.4, -0.2) is 46.6 Å². The molecule has 1 fully saturated rings. The molecule has 1 saturated heterocycles. The second kappa shape index (κ2) is 9.22. The number of alkyl halides is 1. The second-order valence-corrected chi connectivity index (χ2v) is 11.7. The van der Waals surface area contributed by atoms with E-state index >= 15 is 0 Å². The fourth-order valence-electron chi connectivity index (χ4n) is 4.34. The number of ether oxygens (including phenoxy) is 2. The van der Waals surface area contributed by atoms with Crippen molar-refractivity contribution >= 4 is 37.6 Å². The summed E-state index contributed by atoms with van der Waals surface area (Å²) in [5, 5.41) is 20.7. The number of para-hydroxylation sites is 1. The van der Waals surface area contributed by atoms with Crippen molar-refractivity contribution in [3.63, 3.8) is 0 Å². The zero-order chi connectivity index (χ0) is 25.5. The summed E-state index contributed by atoms with van der Waals surface area (Å²) in [6, 6.07) is 10.8. The van der Waals surface area contributed by atoms with Crippen LogP contribution in [0.25, 0.3) is 0 Å². The van der Waals surface area contributed by atoms with E-state index in [-0.39, 0.29) is 13.0 Å². The van der Waals surface area contributed by atoms with Gasteiger partial charge in [-0.1, -0.05) is 28.1 Å². The van der Waals surface area contributed by atoms with E-state index in [0.29, 0.717) is 23.3 Å². The fraction of sp³-hybridized carbons (Fsp3) is 0.391. The van der Waals surface area contributed by atoms with E-state index < -0.39 is 54.1 Å². The summed E-state index contributed by atoms with van der Waals surface area (Å²) in [4.78, 5) is 23.0.